The summed E-state index contributed by atoms with van der Waals surface area (Å²) in [6.07, 6.45) is 0.860. The number of likely N-dealkylation sites (N-methyl/N-ethyl adjacent to an activating group) is 1. The molecule has 2 unspecified atom stereocenters. The zero-order valence-corrected chi connectivity index (χ0v) is 17.1. The molecule has 26 heavy (non-hydrogen) atoms. The van der Waals surface area contributed by atoms with E-state index >= 15 is 0 Å². The van der Waals surface area contributed by atoms with E-state index in [-0.39, 0.29) is 6.04 Å². The van der Waals surface area contributed by atoms with Gasteiger partial charge in [0.1, 0.15) is 5.41 Å². The van der Waals surface area contributed by atoms with Gasteiger partial charge in [-0.2, -0.15) is 0 Å². The minimum Gasteiger partial charge on any atom is -0.481 e. The van der Waals surface area contributed by atoms with Crippen LogP contribution >= 0.6 is 0 Å². The lowest BCUT2D eigenvalue weighted by molar-refractivity contribution is -0.145. The number of carboxylic acid groups (broad SMARTS) is 1. The van der Waals surface area contributed by atoms with Gasteiger partial charge < -0.3 is 10.0 Å². The molecule has 0 bridgehead atoms. The second kappa shape index (κ2) is 7.75. The Morgan fingerprint density at radius 1 is 1.27 bits per heavy atom. The summed E-state index contributed by atoms with van der Waals surface area (Å²) in [6, 6.07) is 7.89. The van der Waals surface area contributed by atoms with Gasteiger partial charge in [-0.25, -0.2) is 0 Å². The maximum Gasteiger partial charge on any atom is 0.316 e. The van der Waals surface area contributed by atoms with E-state index in [1.54, 1.807) is 0 Å². The van der Waals surface area contributed by atoms with Crippen LogP contribution in [0.15, 0.2) is 34.8 Å². The fourth-order valence-electron chi connectivity index (χ4n) is 3.64. The van der Waals surface area contributed by atoms with Gasteiger partial charge in [0.25, 0.3) is 0 Å². The Labute approximate surface area is 157 Å². The van der Waals surface area contributed by atoms with E-state index in [1.165, 1.54) is 5.56 Å². The number of aliphatic carboxylic acids is 1. The van der Waals surface area contributed by atoms with E-state index < -0.39 is 11.4 Å². The third kappa shape index (κ3) is 3.90. The molecule has 0 aliphatic carbocycles. The van der Waals surface area contributed by atoms with Gasteiger partial charge in [0.05, 0.1) is 6.04 Å². The molecule has 0 saturated heterocycles. The number of hydrogen-bond donors (Lipinski definition) is 1. The molecule has 0 amide bonds. The summed E-state index contributed by atoms with van der Waals surface area (Å²) in [6.45, 7) is 10.8. The molecule has 0 spiro atoms. The molecule has 142 valence electrons. The molecule has 0 aromatic heterocycles. The number of hydrogen-bond acceptors (Lipinski definition) is 3. The number of dihydropyridines is 1. The highest BCUT2D eigenvalue weighted by Crippen LogP contribution is 2.45. The summed E-state index contributed by atoms with van der Waals surface area (Å²) in [4.78, 5) is 19.4. The summed E-state index contributed by atoms with van der Waals surface area (Å²) in [5.74, 6) is -0.351. The molecule has 1 aliphatic heterocycles. The molecule has 4 heteroatoms. The molecule has 1 aromatic carbocycles. The second-order valence-corrected chi connectivity index (χ2v) is 8.31. The molecule has 2 atom stereocenters. The van der Waals surface area contributed by atoms with Gasteiger partial charge in [-0.15, -0.1) is 0 Å². The maximum atomic E-state index is 12.4. The van der Waals surface area contributed by atoms with Crippen LogP contribution in [0.3, 0.4) is 0 Å². The quantitative estimate of drug-likeness (QED) is 0.827. The van der Waals surface area contributed by atoms with Crippen molar-refractivity contribution in [3.05, 3.63) is 41.0 Å². The van der Waals surface area contributed by atoms with Crippen molar-refractivity contribution >= 4 is 17.3 Å². The van der Waals surface area contributed by atoms with Gasteiger partial charge >= 0.3 is 5.97 Å². The maximum absolute atomic E-state index is 12.4. The van der Waals surface area contributed by atoms with Crippen molar-refractivity contribution in [2.75, 3.05) is 20.6 Å². The number of rotatable bonds is 6. The smallest absolute Gasteiger partial charge is 0.316 e. The molecule has 1 N–H and O–H groups in total. The molecule has 1 aromatic rings. The number of nitrogens with zero attached hydrogens (tertiary/aromatic N) is 2. The van der Waals surface area contributed by atoms with E-state index in [2.05, 4.69) is 30.9 Å². The molecule has 2 rings (SSSR count). The molecule has 1 aliphatic rings. The average Bonchev–Trinajstić information content (AvgIpc) is 2.52. The minimum absolute atomic E-state index is 0.309. The van der Waals surface area contributed by atoms with E-state index in [1.807, 2.05) is 47.0 Å². The second-order valence-electron chi connectivity index (χ2n) is 8.31. The highest BCUT2D eigenvalue weighted by molar-refractivity contribution is 6.12. The molecule has 1 heterocycles. The zero-order chi connectivity index (χ0) is 19.6. The summed E-state index contributed by atoms with van der Waals surface area (Å²) in [5.41, 5.74) is 4.14. The highest BCUT2D eigenvalue weighted by Gasteiger charge is 2.47. The van der Waals surface area contributed by atoms with Crippen molar-refractivity contribution in [2.24, 2.45) is 16.3 Å². The van der Waals surface area contributed by atoms with Gasteiger partial charge in [-0.3, -0.25) is 9.79 Å². The molecule has 0 radical (unpaired) electrons. The topological polar surface area (TPSA) is 52.9 Å². The van der Waals surface area contributed by atoms with Crippen LogP contribution in [0.5, 0.6) is 0 Å². The first kappa shape index (κ1) is 20.4. The van der Waals surface area contributed by atoms with Crippen LogP contribution in [-0.4, -0.2) is 48.4 Å². The van der Waals surface area contributed by atoms with Crippen LogP contribution in [-0.2, 0) is 4.79 Å². The summed E-state index contributed by atoms with van der Waals surface area (Å²) >= 11 is 0. The molecule has 0 fully saturated rings. The number of carboxylic acids is 1. The van der Waals surface area contributed by atoms with Gasteiger partial charge in [0.15, 0.2) is 0 Å². The van der Waals surface area contributed by atoms with Crippen molar-refractivity contribution in [1.82, 2.24) is 4.90 Å². The predicted octanol–water partition coefficient (Wildman–Crippen LogP) is 4.29. The third-order valence-electron chi connectivity index (χ3n) is 5.21. The van der Waals surface area contributed by atoms with Gasteiger partial charge in [0.2, 0.25) is 0 Å². The van der Waals surface area contributed by atoms with Crippen LogP contribution in [0.2, 0.25) is 0 Å². The van der Waals surface area contributed by atoms with Crippen molar-refractivity contribution in [3.8, 4) is 0 Å². The fraction of sp³-hybridized carbons (Fsp3) is 0.545. The van der Waals surface area contributed by atoms with Crippen molar-refractivity contribution in [3.63, 3.8) is 0 Å². The number of aliphatic imine (C=N–C) groups is 1. The Morgan fingerprint density at radius 3 is 2.31 bits per heavy atom. The van der Waals surface area contributed by atoms with E-state index in [4.69, 9.17) is 4.99 Å². The summed E-state index contributed by atoms with van der Waals surface area (Å²) < 4.78 is 0. The first-order valence-corrected chi connectivity index (χ1v) is 9.33. The van der Waals surface area contributed by atoms with Gasteiger partial charge in [-0.05, 0) is 63.9 Å². The molecule has 4 nitrogen and oxygen atoms in total. The lowest BCUT2D eigenvalue weighted by Gasteiger charge is -2.39. The summed E-state index contributed by atoms with van der Waals surface area (Å²) in [5, 5.41) is 10.2. The predicted molar refractivity (Wildman–Crippen MR) is 109 cm³/mol. The largest absolute Gasteiger partial charge is 0.481 e. The molecular weight excluding hydrogens is 324 g/mol. The van der Waals surface area contributed by atoms with Crippen LogP contribution in [0, 0.1) is 18.3 Å². The third-order valence-corrected chi connectivity index (χ3v) is 5.21. The van der Waals surface area contributed by atoms with E-state index in [0.717, 1.165) is 28.8 Å². The first-order valence-electron chi connectivity index (χ1n) is 9.33. The normalized spacial score (nSPS) is 23.6. The molecule has 0 saturated carbocycles. The van der Waals surface area contributed by atoms with E-state index in [0.29, 0.717) is 12.5 Å². The lowest BCUT2D eigenvalue weighted by Crippen LogP contribution is -2.44. The van der Waals surface area contributed by atoms with Crippen molar-refractivity contribution in [1.29, 1.82) is 0 Å². The molecular formula is C22H32N2O2. The van der Waals surface area contributed by atoms with Crippen LogP contribution in [0.1, 0.15) is 45.2 Å². The van der Waals surface area contributed by atoms with Crippen LogP contribution in [0.25, 0.3) is 5.57 Å². The number of aryl methyl sites for hydroxylation is 1. The zero-order valence-electron chi connectivity index (χ0n) is 17.1. The SMILES string of the molecule is Cc1ccc(C2=C(CN(C)C)C(CC(C)C)=NC(C)C2(C)C(=O)O)cc1. The van der Waals surface area contributed by atoms with Crippen molar-refractivity contribution < 1.29 is 9.90 Å². The average molecular weight is 357 g/mol. The number of carbonyl (C=O) groups is 1. The highest BCUT2D eigenvalue weighted by atomic mass is 16.4. The van der Waals surface area contributed by atoms with Gasteiger partial charge in [-0.1, -0.05) is 43.7 Å². The van der Waals surface area contributed by atoms with Gasteiger partial charge in [0, 0.05) is 12.3 Å². The van der Waals surface area contributed by atoms with Crippen molar-refractivity contribution in [2.45, 2.75) is 47.1 Å². The number of benzene rings is 1. The Kier molecular flexibility index (Phi) is 6.07. The lowest BCUT2D eigenvalue weighted by atomic mass is 9.68. The van der Waals surface area contributed by atoms with Crippen LogP contribution in [0.4, 0.5) is 0 Å². The monoisotopic (exact) mass is 356 g/mol. The Balaban J connectivity index is 2.78. The van der Waals surface area contributed by atoms with Crippen LogP contribution < -0.4 is 0 Å². The minimum atomic E-state index is -1.04. The van der Waals surface area contributed by atoms with E-state index in [9.17, 15) is 9.90 Å². The fourth-order valence-corrected chi connectivity index (χ4v) is 3.64. The Bertz CT molecular complexity index is 729. The standard InChI is InChI=1S/C22H32N2O2/c1-14(2)12-19-18(13-24(6)7)20(17-10-8-15(3)9-11-17)22(5,21(25)26)16(4)23-19/h8-11,14,16H,12-13H2,1-7H3,(H,25,26). The summed E-state index contributed by atoms with van der Waals surface area (Å²) in [7, 11) is 4.03. The Hall–Kier alpha value is -1.94. The first-order chi connectivity index (χ1) is 12.1. The Morgan fingerprint density at radius 2 is 1.85 bits per heavy atom.